The Bertz CT molecular complexity index is 1090. The summed E-state index contributed by atoms with van der Waals surface area (Å²) >= 11 is 6.54. The third-order valence-electron chi connectivity index (χ3n) is 5.54. The number of esters is 1. The van der Waals surface area contributed by atoms with E-state index in [4.69, 9.17) is 16.3 Å². The lowest BCUT2D eigenvalue weighted by Crippen LogP contribution is -3.00. The summed E-state index contributed by atoms with van der Waals surface area (Å²) in [4.78, 5) is 12.2. The number of benzene rings is 4. The number of ether oxygens (including phenoxy) is 1. The van der Waals surface area contributed by atoms with Crippen molar-refractivity contribution in [2.75, 3.05) is 6.61 Å². The number of hydrogen-bond donors (Lipinski definition) is 0. The van der Waals surface area contributed by atoms with E-state index in [0.717, 1.165) is 11.7 Å². The Kier molecular flexibility index (Phi) is 8.86. The van der Waals surface area contributed by atoms with E-state index < -0.39 is 7.26 Å². The topological polar surface area (TPSA) is 26.3 Å². The quantitative estimate of drug-likeness (QED) is 0.267. The zero-order valence-corrected chi connectivity index (χ0v) is 21.6. The molecule has 0 amide bonds. The molecule has 4 aromatic rings. The first kappa shape index (κ1) is 25.2. The molecule has 0 aliphatic rings. The molecule has 0 aromatic heterocycles. The minimum Gasteiger partial charge on any atom is -1.00 e. The van der Waals surface area contributed by atoms with Gasteiger partial charge in [-0.15, -0.1) is 0 Å². The van der Waals surface area contributed by atoms with Crippen molar-refractivity contribution in [3.05, 3.63) is 125 Å². The first-order valence-electron chi connectivity index (χ1n) is 10.7. The first-order chi connectivity index (χ1) is 15.6. The molecule has 5 heteroatoms. The molecule has 0 unspecified atom stereocenters. The predicted molar refractivity (Wildman–Crippen MR) is 136 cm³/mol. The SMILES string of the molecule is CCOC(=O)c1ccc(C[P+](c2ccccc2)(c2ccccc2)c2ccccc2)cc1Cl.[Br-]. The van der Waals surface area contributed by atoms with Gasteiger partial charge in [0.15, 0.2) is 0 Å². The summed E-state index contributed by atoms with van der Waals surface area (Å²) in [5.74, 6) is -0.390. The standard InChI is InChI=1S/C28H25ClO2P.BrH/c1-2-31-28(30)26-19-18-22(20-27(26)29)21-32(23-12-6-3-7-13-23,24-14-8-4-9-15-24)25-16-10-5-11-17-25;/h3-20H,2,21H2,1H3;1H/q+1;/p-1. The highest BCUT2D eigenvalue weighted by molar-refractivity contribution is 7.95. The van der Waals surface area contributed by atoms with Gasteiger partial charge in [-0.05, 0) is 61.0 Å². The molecule has 4 aromatic carbocycles. The normalized spacial score (nSPS) is 10.8. The lowest BCUT2D eigenvalue weighted by atomic mass is 10.1. The van der Waals surface area contributed by atoms with Crippen LogP contribution in [0.2, 0.25) is 5.02 Å². The van der Waals surface area contributed by atoms with E-state index in [2.05, 4.69) is 91.0 Å². The van der Waals surface area contributed by atoms with E-state index in [0.29, 0.717) is 17.2 Å². The number of carbonyl (C=O) groups excluding carboxylic acids is 1. The largest absolute Gasteiger partial charge is 1.00 e. The first-order valence-corrected chi connectivity index (χ1v) is 13.0. The van der Waals surface area contributed by atoms with Crippen molar-refractivity contribution in [2.45, 2.75) is 13.1 Å². The molecule has 0 radical (unpaired) electrons. The minimum atomic E-state index is -2.02. The lowest BCUT2D eigenvalue weighted by Gasteiger charge is -2.28. The highest BCUT2D eigenvalue weighted by Gasteiger charge is 2.45. The van der Waals surface area contributed by atoms with Crippen molar-refractivity contribution in [2.24, 2.45) is 0 Å². The summed E-state index contributed by atoms with van der Waals surface area (Å²) in [6, 6.07) is 37.8. The van der Waals surface area contributed by atoms with Crippen molar-refractivity contribution >= 4 is 40.7 Å². The van der Waals surface area contributed by atoms with Gasteiger partial charge in [-0.1, -0.05) is 72.3 Å². The Balaban J connectivity index is 0.00000306. The van der Waals surface area contributed by atoms with E-state index in [1.807, 2.05) is 12.1 Å². The van der Waals surface area contributed by atoms with Gasteiger partial charge < -0.3 is 21.7 Å². The number of carbonyl (C=O) groups is 1. The van der Waals surface area contributed by atoms with E-state index in [1.54, 1.807) is 13.0 Å². The highest BCUT2D eigenvalue weighted by atomic mass is 79.9. The predicted octanol–water partition coefficient (Wildman–Crippen LogP) is 3.01. The van der Waals surface area contributed by atoms with Crippen LogP contribution in [0.5, 0.6) is 0 Å². The fourth-order valence-corrected chi connectivity index (χ4v) is 8.58. The van der Waals surface area contributed by atoms with E-state index >= 15 is 0 Å². The number of rotatable bonds is 7. The van der Waals surface area contributed by atoms with Crippen molar-refractivity contribution in [3.8, 4) is 0 Å². The van der Waals surface area contributed by atoms with E-state index in [1.165, 1.54) is 15.9 Å². The Morgan fingerprint density at radius 2 is 1.21 bits per heavy atom. The zero-order chi connectivity index (χ0) is 22.4. The van der Waals surface area contributed by atoms with Crippen LogP contribution in [0, 0.1) is 0 Å². The molecule has 0 bridgehead atoms. The second-order valence-corrected chi connectivity index (χ2v) is 11.4. The van der Waals surface area contributed by atoms with Crippen molar-refractivity contribution in [1.82, 2.24) is 0 Å². The molecular formula is C28H25BrClO2P. The van der Waals surface area contributed by atoms with Crippen LogP contribution in [-0.2, 0) is 10.9 Å². The summed E-state index contributed by atoms with van der Waals surface area (Å²) in [7, 11) is -2.02. The second-order valence-electron chi connectivity index (χ2n) is 7.51. The fourth-order valence-electron chi connectivity index (χ4n) is 4.07. The fraction of sp³-hybridized carbons (Fsp3) is 0.107. The molecule has 0 spiro atoms. The van der Waals surface area contributed by atoms with Gasteiger partial charge in [0.25, 0.3) is 0 Å². The van der Waals surface area contributed by atoms with Crippen LogP contribution in [0.3, 0.4) is 0 Å². The van der Waals surface area contributed by atoms with E-state index in [9.17, 15) is 4.79 Å². The summed E-state index contributed by atoms with van der Waals surface area (Å²) in [6.45, 7) is 2.11. The molecular weight excluding hydrogens is 515 g/mol. The molecule has 2 nitrogen and oxygen atoms in total. The van der Waals surface area contributed by atoms with Gasteiger partial charge in [-0.25, -0.2) is 4.79 Å². The van der Waals surface area contributed by atoms with E-state index in [-0.39, 0.29) is 23.0 Å². The van der Waals surface area contributed by atoms with Crippen molar-refractivity contribution < 1.29 is 26.5 Å². The van der Waals surface area contributed by atoms with Crippen LogP contribution in [0.4, 0.5) is 0 Å². The maximum Gasteiger partial charge on any atom is 0.339 e. The molecule has 0 aliphatic carbocycles. The van der Waals surface area contributed by atoms with Crippen LogP contribution < -0.4 is 32.9 Å². The monoisotopic (exact) mass is 538 g/mol. The van der Waals surface area contributed by atoms with Gasteiger partial charge in [0.1, 0.15) is 23.2 Å². The minimum absolute atomic E-state index is 0. The van der Waals surface area contributed by atoms with Crippen LogP contribution in [0.25, 0.3) is 0 Å². The molecule has 33 heavy (non-hydrogen) atoms. The lowest BCUT2D eigenvalue weighted by molar-refractivity contribution is -0.0000243. The average Bonchev–Trinajstić information content (AvgIpc) is 2.84. The van der Waals surface area contributed by atoms with Gasteiger partial charge in [-0.2, -0.15) is 0 Å². The highest BCUT2D eigenvalue weighted by Crippen LogP contribution is 2.58. The number of hydrogen-bond acceptors (Lipinski definition) is 2. The second kappa shape index (κ2) is 11.6. The molecule has 0 fully saturated rings. The molecule has 0 N–H and O–H groups in total. The zero-order valence-electron chi connectivity index (χ0n) is 18.3. The van der Waals surface area contributed by atoms with Crippen LogP contribution in [-0.4, -0.2) is 12.6 Å². The Morgan fingerprint density at radius 1 is 0.758 bits per heavy atom. The van der Waals surface area contributed by atoms with Gasteiger partial charge in [-0.3, -0.25) is 0 Å². The third kappa shape index (κ3) is 5.38. The Labute approximate surface area is 211 Å². The molecule has 0 aliphatic heterocycles. The van der Waals surface area contributed by atoms with Gasteiger partial charge >= 0.3 is 5.97 Å². The maximum atomic E-state index is 12.2. The van der Waals surface area contributed by atoms with Crippen LogP contribution in [0.1, 0.15) is 22.8 Å². The number of halogens is 2. The average molecular weight is 540 g/mol. The molecule has 168 valence electrons. The van der Waals surface area contributed by atoms with Gasteiger partial charge in [0.2, 0.25) is 0 Å². The molecule has 0 atom stereocenters. The summed E-state index contributed by atoms with van der Waals surface area (Å²) in [6.07, 6.45) is 0.799. The maximum absolute atomic E-state index is 12.2. The summed E-state index contributed by atoms with van der Waals surface area (Å²) in [5.41, 5.74) is 1.49. The Morgan fingerprint density at radius 3 is 1.61 bits per heavy atom. The van der Waals surface area contributed by atoms with Gasteiger partial charge in [0.05, 0.1) is 23.4 Å². The van der Waals surface area contributed by atoms with Gasteiger partial charge in [0, 0.05) is 0 Å². The van der Waals surface area contributed by atoms with Crippen molar-refractivity contribution in [1.29, 1.82) is 0 Å². The Hall–Kier alpha value is -2.45. The van der Waals surface area contributed by atoms with Crippen LogP contribution in [0.15, 0.2) is 109 Å². The molecule has 0 saturated carbocycles. The van der Waals surface area contributed by atoms with Crippen molar-refractivity contribution in [3.63, 3.8) is 0 Å². The molecule has 4 rings (SSSR count). The summed E-state index contributed by atoms with van der Waals surface area (Å²) < 4.78 is 5.14. The third-order valence-corrected chi connectivity index (χ3v) is 10.2. The smallest absolute Gasteiger partial charge is 0.339 e. The van der Waals surface area contributed by atoms with Crippen LogP contribution >= 0.6 is 18.9 Å². The molecule has 0 saturated heterocycles. The summed E-state index contributed by atoms with van der Waals surface area (Å²) in [5, 5.41) is 4.35. The molecule has 0 heterocycles.